The van der Waals surface area contributed by atoms with E-state index in [9.17, 15) is 9.65 Å². The van der Waals surface area contributed by atoms with Gasteiger partial charge in [0.25, 0.3) is 0 Å². The lowest BCUT2D eigenvalue weighted by atomic mass is 9.98. The highest BCUT2D eigenvalue weighted by molar-refractivity contribution is 5.71. The van der Waals surface area contributed by atoms with Crippen LogP contribution in [-0.4, -0.2) is 15.2 Å². The van der Waals surface area contributed by atoms with Gasteiger partial charge in [-0.05, 0) is 48.2 Å². The van der Waals surface area contributed by atoms with Crippen LogP contribution in [-0.2, 0) is 0 Å². The molecule has 0 atom stereocenters. The van der Waals surface area contributed by atoms with Crippen molar-refractivity contribution in [3.8, 4) is 29.0 Å². The van der Waals surface area contributed by atoms with E-state index in [0.29, 0.717) is 28.1 Å². The van der Waals surface area contributed by atoms with Gasteiger partial charge in [0.2, 0.25) is 5.82 Å². The van der Waals surface area contributed by atoms with Crippen LogP contribution in [0.4, 0.5) is 4.39 Å². The summed E-state index contributed by atoms with van der Waals surface area (Å²) in [6.45, 7) is 1.81. The molecule has 0 fully saturated rings. The molecule has 0 aliphatic carbocycles. The third-order valence-corrected chi connectivity index (χ3v) is 3.27. The first-order chi connectivity index (χ1) is 11.7. The van der Waals surface area contributed by atoms with Crippen molar-refractivity contribution in [1.82, 2.24) is 15.2 Å². The highest BCUT2D eigenvalue weighted by atomic mass is 19.1. The molecule has 24 heavy (non-hydrogen) atoms. The molecule has 0 N–H and O–H groups in total. The molecule has 3 rings (SSSR count). The molecule has 1 heterocycles. The number of rotatable bonds is 1. The zero-order valence-corrected chi connectivity index (χ0v) is 12.8. The quantitative estimate of drug-likeness (QED) is 0.647. The summed E-state index contributed by atoms with van der Waals surface area (Å²) in [4.78, 5) is 4.15. The van der Waals surface area contributed by atoms with Gasteiger partial charge in [-0.3, -0.25) is 0 Å². The molecule has 4 nitrogen and oxygen atoms in total. The van der Waals surface area contributed by atoms with E-state index < -0.39 is 0 Å². The first-order valence-corrected chi connectivity index (χ1v) is 7.14. The summed E-state index contributed by atoms with van der Waals surface area (Å²) in [6.07, 6.45) is 1.55. The van der Waals surface area contributed by atoms with E-state index >= 15 is 0 Å². The van der Waals surface area contributed by atoms with Crippen LogP contribution in [0, 0.1) is 35.9 Å². The zero-order valence-electron chi connectivity index (χ0n) is 12.8. The summed E-state index contributed by atoms with van der Waals surface area (Å²) in [6, 6.07) is 13.5. The number of aromatic nitrogens is 3. The van der Waals surface area contributed by atoms with E-state index in [1.54, 1.807) is 43.5 Å². The van der Waals surface area contributed by atoms with E-state index in [-0.39, 0.29) is 5.82 Å². The predicted molar refractivity (Wildman–Crippen MR) is 87.1 cm³/mol. The van der Waals surface area contributed by atoms with Crippen molar-refractivity contribution in [1.29, 1.82) is 5.26 Å². The second-order valence-electron chi connectivity index (χ2n) is 5.05. The number of hydrogen-bond donors (Lipinski definition) is 0. The average Bonchev–Trinajstić information content (AvgIpc) is 2.60. The van der Waals surface area contributed by atoms with Gasteiger partial charge in [0.05, 0.1) is 23.5 Å². The molecule has 0 unspecified atom stereocenters. The van der Waals surface area contributed by atoms with Crippen molar-refractivity contribution < 1.29 is 4.39 Å². The number of halogens is 1. The Hall–Kier alpha value is -3.57. The van der Waals surface area contributed by atoms with Gasteiger partial charge in [-0.2, -0.15) is 10.4 Å². The van der Waals surface area contributed by atoms with E-state index in [1.807, 2.05) is 0 Å². The first kappa shape index (κ1) is 15.3. The van der Waals surface area contributed by atoms with Crippen molar-refractivity contribution in [3.05, 3.63) is 77.1 Å². The number of nitrogens with zero attached hydrogens (tertiary/aromatic N) is 4. The Labute approximate surface area is 138 Å². The number of aryl methyl sites for hydroxylation is 1. The van der Waals surface area contributed by atoms with Crippen LogP contribution in [0.2, 0.25) is 0 Å². The molecule has 0 saturated carbocycles. The fourth-order valence-corrected chi connectivity index (χ4v) is 2.19. The zero-order chi connectivity index (χ0) is 16.9. The molecule has 3 aromatic rings. The lowest BCUT2D eigenvalue weighted by Gasteiger charge is -2.05. The molecule has 5 heteroatoms. The van der Waals surface area contributed by atoms with Crippen molar-refractivity contribution in [2.24, 2.45) is 0 Å². The van der Waals surface area contributed by atoms with Crippen molar-refractivity contribution in [2.75, 3.05) is 0 Å². The third kappa shape index (κ3) is 3.43. The molecule has 0 aliphatic heterocycles. The maximum absolute atomic E-state index is 13.4. The van der Waals surface area contributed by atoms with Crippen molar-refractivity contribution >= 4 is 0 Å². The molecular weight excluding hydrogens is 303 g/mol. The summed E-state index contributed by atoms with van der Waals surface area (Å²) >= 11 is 0. The molecule has 0 radical (unpaired) electrons. The topological polar surface area (TPSA) is 62.5 Å². The van der Waals surface area contributed by atoms with Gasteiger partial charge in [-0.25, -0.2) is 9.37 Å². The van der Waals surface area contributed by atoms with Crippen LogP contribution in [0.5, 0.6) is 0 Å². The number of nitriles is 1. The summed E-state index contributed by atoms with van der Waals surface area (Å²) in [5, 5.41) is 17.0. The molecule has 114 valence electrons. The second kappa shape index (κ2) is 6.68. The van der Waals surface area contributed by atoms with Crippen molar-refractivity contribution in [3.63, 3.8) is 0 Å². The van der Waals surface area contributed by atoms with Crippen molar-refractivity contribution in [2.45, 2.75) is 6.92 Å². The Bertz CT molecular complexity index is 1010. The van der Waals surface area contributed by atoms with E-state index in [2.05, 4.69) is 33.1 Å². The number of benzene rings is 2. The SMILES string of the molecule is Cc1cnnc(C#Cc2ccc(-c3cccc(F)c3)c(C#N)c2)n1. The van der Waals surface area contributed by atoms with Gasteiger partial charge in [0.15, 0.2) is 0 Å². The lowest BCUT2D eigenvalue weighted by Crippen LogP contribution is -1.94. The smallest absolute Gasteiger partial charge is 0.223 e. The van der Waals surface area contributed by atoms with Gasteiger partial charge in [0.1, 0.15) is 5.82 Å². The molecule has 0 bridgehead atoms. The summed E-state index contributed by atoms with van der Waals surface area (Å²) < 4.78 is 13.4. The molecule has 1 aromatic heterocycles. The molecule has 0 spiro atoms. The Morgan fingerprint density at radius 1 is 1.08 bits per heavy atom. The van der Waals surface area contributed by atoms with E-state index in [0.717, 1.165) is 5.69 Å². The molecule has 0 aliphatic rings. The van der Waals surface area contributed by atoms with E-state index in [1.165, 1.54) is 12.1 Å². The van der Waals surface area contributed by atoms with E-state index in [4.69, 9.17) is 0 Å². The number of hydrogen-bond acceptors (Lipinski definition) is 4. The van der Waals surface area contributed by atoms with Crippen LogP contribution in [0.25, 0.3) is 11.1 Å². The summed E-state index contributed by atoms with van der Waals surface area (Å²) in [7, 11) is 0. The Morgan fingerprint density at radius 3 is 2.71 bits per heavy atom. The van der Waals surface area contributed by atoms with Gasteiger partial charge in [-0.1, -0.05) is 24.1 Å². The fourth-order valence-electron chi connectivity index (χ4n) is 2.19. The van der Waals surface area contributed by atoms with Crippen LogP contribution in [0.15, 0.2) is 48.7 Å². The molecule has 0 saturated heterocycles. The van der Waals surface area contributed by atoms with Crippen LogP contribution in [0.3, 0.4) is 0 Å². The first-order valence-electron chi connectivity index (χ1n) is 7.14. The molecule has 2 aromatic carbocycles. The van der Waals surface area contributed by atoms with Gasteiger partial charge in [0, 0.05) is 5.56 Å². The Balaban J connectivity index is 1.98. The Kier molecular flexibility index (Phi) is 4.27. The second-order valence-corrected chi connectivity index (χ2v) is 5.05. The maximum Gasteiger partial charge on any atom is 0.226 e. The average molecular weight is 314 g/mol. The van der Waals surface area contributed by atoms with Gasteiger partial charge >= 0.3 is 0 Å². The van der Waals surface area contributed by atoms with Gasteiger partial charge in [-0.15, -0.1) is 5.10 Å². The minimum Gasteiger partial charge on any atom is -0.223 e. The molecular formula is C19H11FN4. The largest absolute Gasteiger partial charge is 0.226 e. The maximum atomic E-state index is 13.4. The lowest BCUT2D eigenvalue weighted by molar-refractivity contribution is 0.628. The summed E-state index contributed by atoms with van der Waals surface area (Å²) in [5.41, 5.74) is 3.12. The summed E-state index contributed by atoms with van der Waals surface area (Å²) in [5.74, 6) is 5.71. The monoisotopic (exact) mass is 314 g/mol. The van der Waals surface area contributed by atoms with Gasteiger partial charge < -0.3 is 0 Å². The standard InChI is InChI=1S/C19H11FN4/c1-13-12-22-24-19(23-13)8-6-14-5-7-18(16(9-14)11-21)15-3-2-4-17(20)10-15/h2-5,7,9-10,12H,1H3. The predicted octanol–water partition coefficient (Wildman–Crippen LogP) is 3.26. The Morgan fingerprint density at radius 2 is 1.96 bits per heavy atom. The minimum absolute atomic E-state index is 0.322. The third-order valence-electron chi connectivity index (χ3n) is 3.27. The van der Waals surface area contributed by atoms with Crippen LogP contribution in [0.1, 0.15) is 22.6 Å². The molecule has 0 amide bonds. The highest BCUT2D eigenvalue weighted by Crippen LogP contribution is 2.24. The van der Waals surface area contributed by atoms with Crippen LogP contribution < -0.4 is 0 Å². The fraction of sp³-hybridized carbons (Fsp3) is 0.0526. The normalized spacial score (nSPS) is 9.71. The minimum atomic E-state index is -0.343. The van der Waals surface area contributed by atoms with Crippen LogP contribution >= 0.6 is 0 Å². The highest BCUT2D eigenvalue weighted by Gasteiger charge is 2.06.